The molecule has 0 aromatic carbocycles. The highest BCUT2D eigenvalue weighted by atomic mass is 14.9. The summed E-state index contributed by atoms with van der Waals surface area (Å²) in [6.45, 7) is 9.44. The Labute approximate surface area is 108 Å². The van der Waals surface area contributed by atoms with E-state index in [9.17, 15) is 0 Å². The smallest absolute Gasteiger partial charge is 0.00106 e. The molecule has 1 heteroatoms. The van der Waals surface area contributed by atoms with Crippen molar-refractivity contribution < 1.29 is 0 Å². The fourth-order valence-electron chi connectivity index (χ4n) is 4.62. The standard InChI is InChI=1S/C16H31N/c1-4-13(5-2)10-16(12-17-6-3)11-14-7-8-15(16)9-14/h13-15,17H,4-12H2,1-3H3. The van der Waals surface area contributed by atoms with Gasteiger partial charge < -0.3 is 5.32 Å². The van der Waals surface area contributed by atoms with E-state index in [2.05, 4.69) is 26.1 Å². The Kier molecular flexibility index (Phi) is 4.52. The molecule has 0 radical (unpaired) electrons. The minimum atomic E-state index is 0.676. The van der Waals surface area contributed by atoms with Gasteiger partial charge in [-0.3, -0.25) is 0 Å². The Bertz CT molecular complexity index is 234. The zero-order valence-corrected chi connectivity index (χ0v) is 12.1. The van der Waals surface area contributed by atoms with Crippen molar-refractivity contribution in [3.8, 4) is 0 Å². The van der Waals surface area contributed by atoms with Crippen LogP contribution in [-0.4, -0.2) is 13.1 Å². The molecular weight excluding hydrogens is 206 g/mol. The van der Waals surface area contributed by atoms with Crippen LogP contribution >= 0.6 is 0 Å². The fourth-order valence-corrected chi connectivity index (χ4v) is 4.62. The lowest BCUT2D eigenvalue weighted by Crippen LogP contribution is -2.40. The molecular formula is C16H31N. The van der Waals surface area contributed by atoms with E-state index < -0.39 is 0 Å². The van der Waals surface area contributed by atoms with Crippen molar-refractivity contribution in [2.75, 3.05) is 13.1 Å². The maximum Gasteiger partial charge on any atom is 0.00106 e. The zero-order valence-electron chi connectivity index (χ0n) is 12.1. The van der Waals surface area contributed by atoms with Gasteiger partial charge >= 0.3 is 0 Å². The summed E-state index contributed by atoms with van der Waals surface area (Å²) in [5.41, 5.74) is 0.676. The molecule has 2 fully saturated rings. The first-order valence-corrected chi connectivity index (χ1v) is 7.94. The van der Waals surface area contributed by atoms with E-state index in [0.29, 0.717) is 5.41 Å². The summed E-state index contributed by atoms with van der Waals surface area (Å²) in [6.07, 6.45) is 10.4. The van der Waals surface area contributed by atoms with Gasteiger partial charge in [-0.25, -0.2) is 0 Å². The molecule has 3 unspecified atom stereocenters. The molecule has 1 N–H and O–H groups in total. The van der Waals surface area contributed by atoms with E-state index in [1.807, 2.05) is 0 Å². The van der Waals surface area contributed by atoms with Crippen LogP contribution in [0.5, 0.6) is 0 Å². The molecule has 2 aliphatic rings. The van der Waals surface area contributed by atoms with Crippen LogP contribution in [0.15, 0.2) is 0 Å². The van der Waals surface area contributed by atoms with Gasteiger partial charge in [-0.2, -0.15) is 0 Å². The Morgan fingerprint density at radius 3 is 2.41 bits per heavy atom. The topological polar surface area (TPSA) is 12.0 Å². The van der Waals surface area contributed by atoms with Crippen molar-refractivity contribution in [2.45, 2.75) is 65.7 Å². The minimum absolute atomic E-state index is 0.676. The summed E-state index contributed by atoms with van der Waals surface area (Å²) >= 11 is 0. The SMILES string of the molecule is CCNCC1(CC(CC)CC)CC2CCC1C2. The molecule has 100 valence electrons. The summed E-state index contributed by atoms with van der Waals surface area (Å²) in [6, 6.07) is 0. The second kappa shape index (κ2) is 5.73. The molecule has 0 amide bonds. The van der Waals surface area contributed by atoms with Crippen molar-refractivity contribution in [3.63, 3.8) is 0 Å². The highest BCUT2D eigenvalue weighted by molar-refractivity contribution is 5.02. The quantitative estimate of drug-likeness (QED) is 0.699. The summed E-state index contributed by atoms with van der Waals surface area (Å²) in [5.74, 6) is 3.09. The second-order valence-corrected chi connectivity index (χ2v) is 6.61. The molecule has 2 saturated carbocycles. The van der Waals surface area contributed by atoms with Crippen LogP contribution in [0.25, 0.3) is 0 Å². The van der Waals surface area contributed by atoms with Gasteiger partial charge in [0.1, 0.15) is 0 Å². The van der Waals surface area contributed by atoms with Gasteiger partial charge in [0.25, 0.3) is 0 Å². The van der Waals surface area contributed by atoms with E-state index in [0.717, 1.165) is 24.3 Å². The molecule has 17 heavy (non-hydrogen) atoms. The summed E-state index contributed by atoms with van der Waals surface area (Å²) < 4.78 is 0. The highest BCUT2D eigenvalue weighted by Gasteiger charge is 2.50. The summed E-state index contributed by atoms with van der Waals surface area (Å²) in [7, 11) is 0. The van der Waals surface area contributed by atoms with Gasteiger partial charge in [-0.1, -0.05) is 40.0 Å². The third-order valence-electron chi connectivity index (χ3n) is 5.68. The lowest BCUT2D eigenvalue weighted by atomic mass is 9.67. The van der Waals surface area contributed by atoms with Gasteiger partial charge in [0.05, 0.1) is 0 Å². The van der Waals surface area contributed by atoms with Crippen LogP contribution in [0, 0.1) is 23.2 Å². The van der Waals surface area contributed by atoms with Crippen LogP contribution in [0.1, 0.15) is 65.7 Å². The van der Waals surface area contributed by atoms with Crippen LogP contribution < -0.4 is 5.32 Å². The molecule has 1 nitrogen and oxygen atoms in total. The third-order valence-corrected chi connectivity index (χ3v) is 5.68. The van der Waals surface area contributed by atoms with Gasteiger partial charge in [-0.15, -0.1) is 0 Å². The average molecular weight is 237 g/mol. The van der Waals surface area contributed by atoms with Gasteiger partial charge in [0.15, 0.2) is 0 Å². The second-order valence-electron chi connectivity index (χ2n) is 6.61. The minimum Gasteiger partial charge on any atom is -0.316 e. The fraction of sp³-hybridized carbons (Fsp3) is 1.00. The lowest BCUT2D eigenvalue weighted by Gasteiger charge is -2.40. The predicted molar refractivity (Wildman–Crippen MR) is 75.1 cm³/mol. The maximum atomic E-state index is 3.67. The number of hydrogen-bond acceptors (Lipinski definition) is 1. The van der Waals surface area contributed by atoms with E-state index in [1.165, 1.54) is 45.1 Å². The van der Waals surface area contributed by atoms with Crippen molar-refractivity contribution in [1.29, 1.82) is 0 Å². The first-order chi connectivity index (χ1) is 8.24. The van der Waals surface area contributed by atoms with Crippen molar-refractivity contribution in [3.05, 3.63) is 0 Å². The van der Waals surface area contributed by atoms with Crippen LogP contribution in [0.3, 0.4) is 0 Å². The predicted octanol–water partition coefficient (Wildman–Crippen LogP) is 4.23. The Morgan fingerprint density at radius 1 is 1.18 bits per heavy atom. The number of fused-ring (bicyclic) bond motifs is 2. The van der Waals surface area contributed by atoms with Crippen molar-refractivity contribution in [1.82, 2.24) is 5.32 Å². The van der Waals surface area contributed by atoms with Crippen LogP contribution in [-0.2, 0) is 0 Å². The first-order valence-electron chi connectivity index (χ1n) is 7.94. The Hall–Kier alpha value is -0.0400. The Balaban J connectivity index is 2.02. The van der Waals surface area contributed by atoms with Crippen LogP contribution in [0.2, 0.25) is 0 Å². The molecule has 0 aromatic heterocycles. The normalized spacial score (nSPS) is 36.0. The Morgan fingerprint density at radius 2 is 1.94 bits per heavy atom. The lowest BCUT2D eigenvalue weighted by molar-refractivity contribution is 0.113. The molecule has 2 bridgehead atoms. The van der Waals surface area contributed by atoms with E-state index >= 15 is 0 Å². The first kappa shape index (κ1) is 13.4. The number of hydrogen-bond donors (Lipinski definition) is 1. The van der Waals surface area contributed by atoms with Gasteiger partial charge in [0.2, 0.25) is 0 Å². The summed E-state index contributed by atoms with van der Waals surface area (Å²) in [5, 5.41) is 3.67. The van der Waals surface area contributed by atoms with Gasteiger partial charge in [0, 0.05) is 6.54 Å². The van der Waals surface area contributed by atoms with E-state index in [1.54, 1.807) is 6.42 Å². The van der Waals surface area contributed by atoms with Crippen LogP contribution in [0.4, 0.5) is 0 Å². The molecule has 0 aromatic rings. The summed E-state index contributed by atoms with van der Waals surface area (Å²) in [4.78, 5) is 0. The largest absolute Gasteiger partial charge is 0.316 e. The third kappa shape index (κ3) is 2.70. The molecule has 0 spiro atoms. The zero-order chi connectivity index (χ0) is 12.3. The molecule has 3 atom stereocenters. The van der Waals surface area contributed by atoms with Gasteiger partial charge in [-0.05, 0) is 55.4 Å². The van der Waals surface area contributed by atoms with E-state index in [4.69, 9.17) is 0 Å². The van der Waals surface area contributed by atoms with Crippen molar-refractivity contribution >= 4 is 0 Å². The molecule has 0 heterocycles. The number of rotatable bonds is 7. The average Bonchev–Trinajstić information content (AvgIpc) is 2.94. The number of nitrogens with one attached hydrogen (secondary N) is 1. The highest BCUT2D eigenvalue weighted by Crippen LogP contribution is 2.58. The maximum absolute atomic E-state index is 3.67. The molecule has 0 aliphatic heterocycles. The molecule has 2 aliphatic carbocycles. The monoisotopic (exact) mass is 237 g/mol. The molecule has 2 rings (SSSR count). The van der Waals surface area contributed by atoms with Crippen molar-refractivity contribution in [2.24, 2.45) is 23.2 Å². The molecule has 0 saturated heterocycles. The van der Waals surface area contributed by atoms with E-state index in [-0.39, 0.29) is 0 Å².